The Kier molecular flexibility index (Phi) is 3.83. The number of rotatable bonds is 6. The van der Waals surface area contributed by atoms with Gasteiger partial charge in [0, 0.05) is 0 Å². The molecule has 21 heavy (non-hydrogen) atoms. The molecule has 0 unspecified atom stereocenters. The van der Waals surface area contributed by atoms with E-state index in [0.717, 1.165) is 11.4 Å². The monoisotopic (exact) mass is 286 g/mol. The second-order valence-corrected chi connectivity index (χ2v) is 4.30. The summed E-state index contributed by atoms with van der Waals surface area (Å²) in [6, 6.07) is 3.75. The molecule has 0 bridgehead atoms. The van der Waals surface area contributed by atoms with Crippen LogP contribution in [0.15, 0.2) is 37.2 Å². The number of anilines is 1. The van der Waals surface area contributed by atoms with E-state index in [-0.39, 0.29) is 6.61 Å². The van der Waals surface area contributed by atoms with Gasteiger partial charge in [-0.05, 0) is 12.1 Å². The van der Waals surface area contributed by atoms with Crippen molar-refractivity contribution >= 4 is 5.69 Å². The lowest BCUT2D eigenvalue weighted by molar-refractivity contribution is 0.268. The van der Waals surface area contributed by atoms with E-state index in [1.165, 1.54) is 6.33 Å². The van der Waals surface area contributed by atoms with Gasteiger partial charge in [-0.2, -0.15) is 5.10 Å². The van der Waals surface area contributed by atoms with Crippen LogP contribution in [0, 0.1) is 0 Å². The minimum absolute atomic E-state index is 0.0455. The summed E-state index contributed by atoms with van der Waals surface area (Å²) in [4.78, 5) is 8.17. The molecule has 0 fully saturated rings. The zero-order chi connectivity index (χ0) is 14.5. The van der Waals surface area contributed by atoms with E-state index in [4.69, 9.17) is 5.11 Å². The minimum atomic E-state index is 0.0455. The Morgan fingerprint density at radius 1 is 1.29 bits per heavy atom. The highest BCUT2D eigenvalue weighted by atomic mass is 16.3. The van der Waals surface area contributed by atoms with Crippen molar-refractivity contribution in [2.45, 2.75) is 13.1 Å². The van der Waals surface area contributed by atoms with Crippen molar-refractivity contribution < 1.29 is 5.11 Å². The molecular formula is C12H14N8O. The van der Waals surface area contributed by atoms with Crippen LogP contribution in [-0.2, 0) is 13.1 Å². The summed E-state index contributed by atoms with van der Waals surface area (Å²) in [7, 11) is 0. The molecule has 9 heteroatoms. The number of nitrogens with zero attached hydrogens (tertiary/aromatic N) is 7. The zero-order valence-corrected chi connectivity index (χ0v) is 11.2. The maximum Gasteiger partial charge on any atom is 0.155 e. The van der Waals surface area contributed by atoms with Gasteiger partial charge in [0.15, 0.2) is 5.82 Å². The molecule has 108 valence electrons. The lowest BCUT2D eigenvalue weighted by Crippen LogP contribution is -2.03. The van der Waals surface area contributed by atoms with E-state index in [0.29, 0.717) is 18.9 Å². The first-order chi connectivity index (χ1) is 10.3. The molecule has 0 radical (unpaired) electrons. The number of hydrogen-bond donors (Lipinski definition) is 2. The normalized spacial score (nSPS) is 10.7. The first kappa shape index (κ1) is 13.2. The second kappa shape index (κ2) is 6.09. The van der Waals surface area contributed by atoms with Crippen LogP contribution in [0.25, 0.3) is 5.82 Å². The summed E-state index contributed by atoms with van der Waals surface area (Å²) in [5.74, 6) is 0.701. The maximum atomic E-state index is 8.82. The van der Waals surface area contributed by atoms with Gasteiger partial charge in [0.05, 0.1) is 37.8 Å². The molecule has 0 atom stereocenters. The van der Waals surface area contributed by atoms with Crippen LogP contribution in [0.3, 0.4) is 0 Å². The molecule has 3 heterocycles. The third-order valence-corrected chi connectivity index (χ3v) is 2.79. The molecule has 0 saturated heterocycles. The molecule has 0 aliphatic heterocycles. The van der Waals surface area contributed by atoms with Gasteiger partial charge in [0.1, 0.15) is 18.3 Å². The molecule has 3 aromatic rings. The highest BCUT2D eigenvalue weighted by Gasteiger charge is 2.02. The standard InChI is InChI=1S/C12H14N8O/c21-4-3-19-7-11(17-18-19)6-14-10-1-2-12(15-5-10)20-9-13-8-16-20/h1-2,5,7-9,14,21H,3-4,6H2. The molecule has 0 aliphatic rings. The van der Waals surface area contributed by atoms with Crippen molar-refractivity contribution in [3.8, 4) is 5.82 Å². The van der Waals surface area contributed by atoms with Crippen LogP contribution in [0.5, 0.6) is 0 Å². The topological polar surface area (TPSA) is 107 Å². The fourth-order valence-electron chi connectivity index (χ4n) is 1.78. The summed E-state index contributed by atoms with van der Waals surface area (Å²) in [5.41, 5.74) is 1.67. The summed E-state index contributed by atoms with van der Waals surface area (Å²) in [6.45, 7) is 1.03. The minimum Gasteiger partial charge on any atom is -0.394 e. The Morgan fingerprint density at radius 2 is 2.24 bits per heavy atom. The lowest BCUT2D eigenvalue weighted by Gasteiger charge is -2.04. The first-order valence-corrected chi connectivity index (χ1v) is 6.40. The van der Waals surface area contributed by atoms with Gasteiger partial charge < -0.3 is 10.4 Å². The van der Waals surface area contributed by atoms with Crippen LogP contribution in [0.4, 0.5) is 5.69 Å². The molecule has 0 spiro atoms. The van der Waals surface area contributed by atoms with Crippen LogP contribution < -0.4 is 5.32 Å². The van der Waals surface area contributed by atoms with E-state index < -0.39 is 0 Å². The van der Waals surface area contributed by atoms with E-state index in [1.54, 1.807) is 28.1 Å². The Morgan fingerprint density at radius 3 is 2.95 bits per heavy atom. The second-order valence-electron chi connectivity index (χ2n) is 4.30. The van der Waals surface area contributed by atoms with Crippen LogP contribution in [0.2, 0.25) is 0 Å². The summed E-state index contributed by atoms with van der Waals surface area (Å²) in [5, 5.41) is 23.9. The predicted octanol–water partition coefficient (Wildman–Crippen LogP) is -0.142. The van der Waals surface area contributed by atoms with Crippen molar-refractivity contribution in [3.05, 3.63) is 42.9 Å². The molecule has 2 N–H and O–H groups in total. The zero-order valence-electron chi connectivity index (χ0n) is 11.2. The van der Waals surface area contributed by atoms with Crippen LogP contribution >= 0.6 is 0 Å². The average Bonchev–Trinajstić information content (AvgIpc) is 3.18. The molecule has 0 amide bonds. The van der Waals surface area contributed by atoms with Crippen molar-refractivity contribution in [1.82, 2.24) is 34.7 Å². The molecule has 9 nitrogen and oxygen atoms in total. The Labute approximate surface area is 120 Å². The summed E-state index contributed by atoms with van der Waals surface area (Å²) in [6.07, 6.45) is 6.56. The molecule has 0 aromatic carbocycles. The number of aliphatic hydroxyl groups excluding tert-OH is 1. The number of aliphatic hydroxyl groups is 1. The average molecular weight is 286 g/mol. The molecule has 3 aromatic heterocycles. The maximum absolute atomic E-state index is 8.82. The quantitative estimate of drug-likeness (QED) is 0.649. The van der Waals surface area contributed by atoms with E-state index >= 15 is 0 Å². The molecule has 0 saturated carbocycles. The predicted molar refractivity (Wildman–Crippen MR) is 73.6 cm³/mol. The van der Waals surface area contributed by atoms with Gasteiger partial charge >= 0.3 is 0 Å². The summed E-state index contributed by atoms with van der Waals surface area (Å²) < 4.78 is 3.19. The Bertz CT molecular complexity index is 676. The molecule has 0 aliphatic carbocycles. The van der Waals surface area contributed by atoms with Crippen molar-refractivity contribution in [1.29, 1.82) is 0 Å². The van der Waals surface area contributed by atoms with Crippen molar-refractivity contribution in [3.63, 3.8) is 0 Å². The Hall–Kier alpha value is -2.81. The lowest BCUT2D eigenvalue weighted by atomic mass is 10.4. The third-order valence-electron chi connectivity index (χ3n) is 2.79. The highest BCUT2D eigenvalue weighted by molar-refractivity contribution is 5.43. The van der Waals surface area contributed by atoms with Gasteiger partial charge in [-0.25, -0.2) is 19.3 Å². The molecule has 3 rings (SSSR count). The number of hydrogen-bond acceptors (Lipinski definition) is 7. The van der Waals surface area contributed by atoms with Crippen molar-refractivity contribution in [2.24, 2.45) is 0 Å². The van der Waals surface area contributed by atoms with E-state index in [2.05, 4.69) is 30.7 Å². The number of pyridine rings is 1. The van der Waals surface area contributed by atoms with E-state index in [9.17, 15) is 0 Å². The van der Waals surface area contributed by atoms with Gasteiger partial charge in [0.25, 0.3) is 0 Å². The number of aromatic nitrogens is 7. The fourth-order valence-corrected chi connectivity index (χ4v) is 1.78. The van der Waals surface area contributed by atoms with Gasteiger partial charge in [-0.15, -0.1) is 5.10 Å². The smallest absolute Gasteiger partial charge is 0.155 e. The van der Waals surface area contributed by atoms with Crippen LogP contribution in [-0.4, -0.2) is 46.5 Å². The van der Waals surface area contributed by atoms with E-state index in [1.807, 2.05) is 12.1 Å². The number of nitrogens with one attached hydrogen (secondary N) is 1. The highest BCUT2D eigenvalue weighted by Crippen LogP contribution is 2.09. The largest absolute Gasteiger partial charge is 0.394 e. The van der Waals surface area contributed by atoms with Gasteiger partial charge in [0.2, 0.25) is 0 Å². The van der Waals surface area contributed by atoms with Gasteiger partial charge in [-0.3, -0.25) is 0 Å². The first-order valence-electron chi connectivity index (χ1n) is 6.40. The van der Waals surface area contributed by atoms with Crippen LogP contribution in [0.1, 0.15) is 5.69 Å². The SMILES string of the molecule is OCCn1cc(CNc2ccc(-n3cncn3)nc2)nn1. The Balaban J connectivity index is 1.60. The third kappa shape index (κ3) is 3.20. The summed E-state index contributed by atoms with van der Waals surface area (Å²) >= 11 is 0. The molecular weight excluding hydrogens is 272 g/mol. The fraction of sp³-hybridized carbons (Fsp3) is 0.250. The van der Waals surface area contributed by atoms with Gasteiger partial charge in [-0.1, -0.05) is 5.21 Å². The van der Waals surface area contributed by atoms with Crippen molar-refractivity contribution in [2.75, 3.05) is 11.9 Å².